The fourth-order valence-corrected chi connectivity index (χ4v) is 5.59. The van der Waals surface area contributed by atoms with Crippen molar-refractivity contribution in [3.05, 3.63) is 45.3 Å². The lowest BCUT2D eigenvalue weighted by Crippen LogP contribution is -2.47. The van der Waals surface area contributed by atoms with Crippen LogP contribution in [-0.2, 0) is 25.7 Å². The summed E-state index contributed by atoms with van der Waals surface area (Å²) < 4.78 is 5.41. The number of amides is 3. The Labute approximate surface area is 205 Å². The molecule has 1 saturated heterocycles. The fraction of sp³-hybridized carbons (Fsp3) is 0.577. The van der Waals surface area contributed by atoms with Crippen LogP contribution in [0.3, 0.4) is 0 Å². The van der Waals surface area contributed by atoms with E-state index in [2.05, 4.69) is 11.4 Å². The van der Waals surface area contributed by atoms with Crippen LogP contribution in [0.2, 0.25) is 0 Å². The van der Waals surface area contributed by atoms with E-state index in [1.807, 2.05) is 29.3 Å². The summed E-state index contributed by atoms with van der Waals surface area (Å²) in [5.41, 5.74) is 2.80. The largest absolute Gasteiger partial charge is 0.378 e. The van der Waals surface area contributed by atoms with Gasteiger partial charge in [-0.2, -0.15) is 0 Å². The number of hydrogen-bond acceptors (Lipinski definition) is 5. The zero-order valence-electron chi connectivity index (χ0n) is 20.0. The number of carbonyl (C=O) groups excluding carboxylic acids is 3. The quantitative estimate of drug-likeness (QED) is 0.571. The summed E-state index contributed by atoms with van der Waals surface area (Å²) in [4.78, 5) is 44.2. The van der Waals surface area contributed by atoms with Crippen LogP contribution in [0.25, 0.3) is 0 Å². The van der Waals surface area contributed by atoms with Crippen LogP contribution in [0, 0.1) is 5.92 Å². The Morgan fingerprint density at radius 1 is 1.24 bits per heavy atom. The number of allylic oxidation sites excluding steroid dienone is 2. The first-order chi connectivity index (χ1) is 16.5. The highest BCUT2D eigenvalue weighted by molar-refractivity contribution is 7.09. The van der Waals surface area contributed by atoms with Crippen LogP contribution in [-0.4, -0.2) is 60.4 Å². The molecule has 1 aromatic heterocycles. The molecule has 1 N–H and O–H groups in total. The van der Waals surface area contributed by atoms with Crippen molar-refractivity contribution in [3.63, 3.8) is 0 Å². The lowest BCUT2D eigenvalue weighted by atomic mass is 9.87. The van der Waals surface area contributed by atoms with Gasteiger partial charge in [0.1, 0.15) is 0 Å². The van der Waals surface area contributed by atoms with Gasteiger partial charge in [-0.3, -0.25) is 14.4 Å². The Kier molecular flexibility index (Phi) is 8.56. The van der Waals surface area contributed by atoms with Gasteiger partial charge < -0.3 is 19.9 Å². The number of thiophene rings is 1. The molecule has 0 saturated carbocycles. The SMILES string of the molecule is CC1=C(C(=O)N2CCOCC2)CC(CC(=O)NCc2cccs2)C(=O)N1CCC1=CCCCC1. The maximum atomic E-state index is 13.5. The van der Waals surface area contributed by atoms with E-state index < -0.39 is 5.92 Å². The summed E-state index contributed by atoms with van der Waals surface area (Å²) in [6, 6.07) is 3.93. The van der Waals surface area contributed by atoms with Gasteiger partial charge in [0.2, 0.25) is 11.8 Å². The second kappa shape index (κ2) is 11.8. The Morgan fingerprint density at radius 3 is 2.76 bits per heavy atom. The Morgan fingerprint density at radius 2 is 2.06 bits per heavy atom. The summed E-state index contributed by atoms with van der Waals surface area (Å²) in [5.74, 6) is -0.746. The number of morpholine rings is 1. The normalized spacial score (nSPS) is 21.5. The Bertz CT molecular complexity index is 947. The Hall–Kier alpha value is -2.45. The molecule has 1 fully saturated rings. The topological polar surface area (TPSA) is 79.0 Å². The van der Waals surface area contributed by atoms with E-state index in [0.29, 0.717) is 51.4 Å². The molecule has 1 aromatic rings. The first-order valence-electron chi connectivity index (χ1n) is 12.4. The van der Waals surface area contributed by atoms with Crippen molar-refractivity contribution in [1.82, 2.24) is 15.1 Å². The summed E-state index contributed by atoms with van der Waals surface area (Å²) in [6.45, 7) is 5.08. The molecule has 184 valence electrons. The molecular formula is C26H35N3O4S. The van der Waals surface area contributed by atoms with Gasteiger partial charge in [-0.1, -0.05) is 17.7 Å². The molecule has 1 unspecified atom stereocenters. The molecule has 8 heteroatoms. The van der Waals surface area contributed by atoms with Gasteiger partial charge in [-0.25, -0.2) is 0 Å². The third-order valence-electron chi connectivity index (χ3n) is 6.98. The van der Waals surface area contributed by atoms with Gasteiger partial charge in [0, 0.05) is 42.2 Å². The van der Waals surface area contributed by atoms with Crippen molar-refractivity contribution < 1.29 is 19.1 Å². The maximum Gasteiger partial charge on any atom is 0.251 e. The van der Waals surface area contributed by atoms with Crippen LogP contribution >= 0.6 is 11.3 Å². The van der Waals surface area contributed by atoms with E-state index in [1.54, 1.807) is 16.2 Å². The molecule has 34 heavy (non-hydrogen) atoms. The van der Waals surface area contributed by atoms with Crippen molar-refractivity contribution >= 4 is 29.1 Å². The second-order valence-electron chi connectivity index (χ2n) is 9.28. The molecule has 0 bridgehead atoms. The fourth-order valence-electron chi connectivity index (χ4n) is 4.95. The molecule has 7 nitrogen and oxygen atoms in total. The van der Waals surface area contributed by atoms with Crippen molar-refractivity contribution in [2.75, 3.05) is 32.8 Å². The van der Waals surface area contributed by atoms with E-state index in [-0.39, 0.29) is 24.1 Å². The predicted octanol–water partition coefficient (Wildman–Crippen LogP) is 3.63. The summed E-state index contributed by atoms with van der Waals surface area (Å²) in [6.07, 6.45) is 8.13. The first-order valence-corrected chi connectivity index (χ1v) is 13.3. The lowest BCUT2D eigenvalue weighted by molar-refractivity contribution is -0.139. The monoisotopic (exact) mass is 485 g/mol. The van der Waals surface area contributed by atoms with Gasteiger partial charge in [0.05, 0.1) is 25.7 Å². The molecule has 2 aliphatic heterocycles. The van der Waals surface area contributed by atoms with Gasteiger partial charge in [0.25, 0.3) is 5.91 Å². The highest BCUT2D eigenvalue weighted by Crippen LogP contribution is 2.32. The highest BCUT2D eigenvalue weighted by Gasteiger charge is 2.37. The van der Waals surface area contributed by atoms with Crippen LogP contribution in [0.4, 0.5) is 0 Å². The molecule has 0 aromatic carbocycles. The molecule has 1 aliphatic carbocycles. The summed E-state index contributed by atoms with van der Waals surface area (Å²) in [7, 11) is 0. The third kappa shape index (κ3) is 6.16. The van der Waals surface area contributed by atoms with E-state index in [1.165, 1.54) is 18.4 Å². The molecule has 3 amide bonds. The number of carbonyl (C=O) groups is 3. The summed E-state index contributed by atoms with van der Waals surface area (Å²) >= 11 is 1.59. The minimum Gasteiger partial charge on any atom is -0.378 e. The zero-order valence-corrected chi connectivity index (χ0v) is 20.8. The van der Waals surface area contributed by atoms with Gasteiger partial charge in [-0.05, 0) is 56.9 Å². The van der Waals surface area contributed by atoms with Gasteiger partial charge >= 0.3 is 0 Å². The smallest absolute Gasteiger partial charge is 0.251 e. The zero-order chi connectivity index (χ0) is 23.9. The van der Waals surface area contributed by atoms with Crippen LogP contribution < -0.4 is 5.32 Å². The molecule has 0 spiro atoms. The van der Waals surface area contributed by atoms with Crippen LogP contribution in [0.15, 0.2) is 40.4 Å². The van der Waals surface area contributed by atoms with Crippen molar-refractivity contribution in [1.29, 1.82) is 0 Å². The van der Waals surface area contributed by atoms with Gasteiger partial charge in [-0.15, -0.1) is 11.3 Å². The minimum absolute atomic E-state index is 0.0285. The molecule has 1 atom stereocenters. The molecule has 3 aliphatic rings. The Balaban J connectivity index is 1.48. The van der Waals surface area contributed by atoms with Crippen LogP contribution in [0.5, 0.6) is 0 Å². The maximum absolute atomic E-state index is 13.5. The molecule has 4 rings (SSSR count). The number of ether oxygens (including phenoxy) is 1. The third-order valence-corrected chi connectivity index (χ3v) is 7.85. The van der Waals surface area contributed by atoms with Crippen molar-refractivity contribution in [2.45, 2.75) is 58.4 Å². The number of hydrogen-bond donors (Lipinski definition) is 1. The molecule has 0 radical (unpaired) electrons. The van der Waals surface area contributed by atoms with Crippen molar-refractivity contribution in [2.24, 2.45) is 5.92 Å². The molecular weight excluding hydrogens is 450 g/mol. The van der Waals surface area contributed by atoms with E-state index in [9.17, 15) is 14.4 Å². The van der Waals surface area contributed by atoms with Gasteiger partial charge in [0.15, 0.2) is 0 Å². The number of nitrogens with one attached hydrogen (secondary N) is 1. The lowest BCUT2D eigenvalue weighted by Gasteiger charge is -2.37. The number of rotatable bonds is 8. The van der Waals surface area contributed by atoms with E-state index in [0.717, 1.165) is 29.8 Å². The standard InChI is InChI=1S/C26H35N3O4S/c1-19-23(26(32)28-11-13-33-14-12-28)16-21(17-24(30)27-18-22-8-5-15-34-22)25(31)29(19)10-9-20-6-3-2-4-7-20/h5-6,8,15,21H,2-4,7,9-14,16-18H2,1H3,(H,27,30). The van der Waals surface area contributed by atoms with Crippen LogP contribution in [0.1, 0.15) is 56.7 Å². The average molecular weight is 486 g/mol. The minimum atomic E-state index is -0.521. The van der Waals surface area contributed by atoms with E-state index >= 15 is 0 Å². The predicted molar refractivity (Wildman–Crippen MR) is 132 cm³/mol. The number of nitrogens with zero attached hydrogens (tertiary/aromatic N) is 2. The summed E-state index contributed by atoms with van der Waals surface area (Å²) in [5, 5.41) is 4.91. The average Bonchev–Trinajstić information content (AvgIpc) is 3.39. The highest BCUT2D eigenvalue weighted by atomic mass is 32.1. The van der Waals surface area contributed by atoms with E-state index in [4.69, 9.17) is 4.74 Å². The molecule has 3 heterocycles. The second-order valence-corrected chi connectivity index (χ2v) is 10.3. The first kappa shape index (κ1) is 24.7. The van der Waals surface area contributed by atoms with Crippen molar-refractivity contribution in [3.8, 4) is 0 Å².